The fourth-order valence-corrected chi connectivity index (χ4v) is 0.271. The molecule has 5 nitrogen and oxygen atoms in total. The Balaban J connectivity index is 4.27. The van der Waals surface area contributed by atoms with Gasteiger partial charge in [0, 0.05) is 0 Å². The van der Waals surface area contributed by atoms with Crippen LogP contribution in [0.1, 0.15) is 0 Å². The summed E-state index contributed by atoms with van der Waals surface area (Å²) in [5.41, 5.74) is 4.86. The van der Waals surface area contributed by atoms with E-state index in [1.807, 2.05) is 0 Å². The molecule has 0 amide bonds. The van der Waals surface area contributed by atoms with Gasteiger partial charge < -0.3 is 15.9 Å². The average Bonchev–Trinajstić information content (AvgIpc) is 1.86. The monoisotopic (exact) mass is 151 g/mol. The minimum atomic E-state index is -2.03. The van der Waals surface area contributed by atoms with Crippen molar-refractivity contribution in [2.24, 2.45) is 5.73 Å². The van der Waals surface area contributed by atoms with Crippen LogP contribution in [-0.4, -0.2) is 28.1 Å². The first-order chi connectivity index (χ1) is 4.06. The molecule has 0 aromatic heterocycles. The zero-order chi connectivity index (χ0) is 7.49. The maximum atomic E-state index is 9.99. The lowest BCUT2D eigenvalue weighted by atomic mass is 10.3. The number of rotatable bonds is 3. The minimum absolute atomic E-state index is 0.791. The highest BCUT2D eigenvalue weighted by atomic mass is 31.1. The van der Waals surface area contributed by atoms with Gasteiger partial charge in [-0.1, -0.05) is 0 Å². The molecule has 0 rings (SSSR count). The van der Waals surface area contributed by atoms with Crippen molar-refractivity contribution >= 4 is 14.4 Å². The van der Waals surface area contributed by atoms with E-state index in [4.69, 9.17) is 15.9 Å². The van der Waals surface area contributed by atoms with Gasteiger partial charge in [-0.15, -0.1) is 0 Å². The van der Waals surface area contributed by atoms with Crippen molar-refractivity contribution in [3.8, 4) is 0 Å². The van der Waals surface area contributed by atoms with Gasteiger partial charge in [0.05, 0.1) is 6.61 Å². The Bertz CT molecular complexity index is 138. The molecule has 0 heterocycles. The standard InChI is InChI=1S/C3H6NO4P/c4-3(1-5,9-8)2(6)7/h5H,1,4H2,(H,6,7). The van der Waals surface area contributed by atoms with Crippen LogP contribution in [0.4, 0.5) is 0 Å². The van der Waals surface area contributed by atoms with Crippen LogP contribution in [0.5, 0.6) is 0 Å². The topological polar surface area (TPSA) is 101 Å². The zero-order valence-electron chi connectivity index (χ0n) is 4.44. The summed E-state index contributed by atoms with van der Waals surface area (Å²) in [6.07, 6.45) is 0. The van der Waals surface area contributed by atoms with E-state index < -0.39 is 26.3 Å². The number of aliphatic hydroxyl groups excluding tert-OH is 1. The van der Waals surface area contributed by atoms with Crippen molar-refractivity contribution < 1.29 is 19.6 Å². The Hall–Kier alpha value is -0.510. The van der Waals surface area contributed by atoms with Crippen molar-refractivity contribution in [2.75, 3.05) is 6.61 Å². The van der Waals surface area contributed by atoms with E-state index in [0.717, 1.165) is 0 Å². The molecule has 0 saturated heterocycles. The molecule has 4 N–H and O–H groups in total. The molecule has 0 radical (unpaired) electrons. The minimum Gasteiger partial charge on any atom is -0.479 e. The number of carboxylic acid groups (broad SMARTS) is 1. The second-order valence-corrected chi connectivity index (χ2v) is 2.46. The van der Waals surface area contributed by atoms with Gasteiger partial charge in [0.1, 0.15) is 0 Å². The average molecular weight is 151 g/mol. The number of aliphatic carboxylic acids is 1. The summed E-state index contributed by atoms with van der Waals surface area (Å²) in [6.45, 7) is -0.840. The molecule has 0 fully saturated rings. The molecule has 0 aliphatic heterocycles. The van der Waals surface area contributed by atoms with Crippen LogP contribution in [-0.2, 0) is 9.36 Å². The summed E-state index contributed by atoms with van der Waals surface area (Å²) in [6, 6.07) is 0. The van der Waals surface area contributed by atoms with E-state index in [-0.39, 0.29) is 0 Å². The number of nitrogens with two attached hydrogens (primary N) is 1. The van der Waals surface area contributed by atoms with Gasteiger partial charge in [-0.3, -0.25) is 4.57 Å². The van der Waals surface area contributed by atoms with Crippen LogP contribution in [0.3, 0.4) is 0 Å². The predicted molar refractivity (Wildman–Crippen MR) is 29.2 cm³/mol. The van der Waals surface area contributed by atoms with Crippen molar-refractivity contribution in [3.05, 3.63) is 0 Å². The fraction of sp³-hybridized carbons (Fsp3) is 0.667. The van der Waals surface area contributed by atoms with Crippen LogP contribution < -0.4 is 5.73 Å². The highest BCUT2D eigenvalue weighted by molar-refractivity contribution is 7.27. The van der Waals surface area contributed by atoms with Gasteiger partial charge in [0.25, 0.3) is 0 Å². The molecule has 1 atom stereocenters. The van der Waals surface area contributed by atoms with Gasteiger partial charge in [-0.05, 0) is 0 Å². The van der Waals surface area contributed by atoms with Gasteiger partial charge in [-0.25, -0.2) is 4.79 Å². The second kappa shape index (κ2) is 2.87. The van der Waals surface area contributed by atoms with Crippen LogP contribution in [0.15, 0.2) is 0 Å². The van der Waals surface area contributed by atoms with Crippen molar-refractivity contribution in [1.29, 1.82) is 0 Å². The largest absolute Gasteiger partial charge is 0.479 e. The van der Waals surface area contributed by atoms with Crippen molar-refractivity contribution in [2.45, 2.75) is 5.28 Å². The van der Waals surface area contributed by atoms with Gasteiger partial charge >= 0.3 is 5.97 Å². The number of carbonyl (C=O) groups is 1. The number of hydrogen-bond donors (Lipinski definition) is 3. The molecule has 6 heteroatoms. The maximum Gasteiger partial charge on any atom is 0.338 e. The first-order valence-electron chi connectivity index (χ1n) is 2.04. The summed E-state index contributed by atoms with van der Waals surface area (Å²) < 4.78 is 9.93. The van der Waals surface area contributed by atoms with Crippen molar-refractivity contribution in [1.82, 2.24) is 0 Å². The summed E-state index contributed by atoms with van der Waals surface area (Å²) in [5.74, 6) is -1.48. The Morgan fingerprint density at radius 2 is 2.22 bits per heavy atom. The van der Waals surface area contributed by atoms with Gasteiger partial charge in [0.2, 0.25) is 5.28 Å². The first-order valence-corrected chi connectivity index (χ1v) is 2.85. The molecule has 0 bridgehead atoms. The third-order valence-corrected chi connectivity index (χ3v) is 1.43. The summed E-state index contributed by atoms with van der Waals surface area (Å²) in [5, 5.41) is 14.4. The third-order valence-electron chi connectivity index (χ3n) is 0.774. The SMILES string of the molecule is NC(CO)(P=O)C(=O)O. The number of hydrogen-bond acceptors (Lipinski definition) is 4. The molecule has 0 spiro atoms. The quantitative estimate of drug-likeness (QED) is 0.449. The molecule has 52 valence electrons. The Kier molecular flexibility index (Phi) is 2.70. The smallest absolute Gasteiger partial charge is 0.338 e. The maximum absolute atomic E-state index is 9.99. The Labute approximate surface area is 52.7 Å². The van der Waals surface area contributed by atoms with Crippen LogP contribution in [0.2, 0.25) is 0 Å². The van der Waals surface area contributed by atoms with E-state index in [1.54, 1.807) is 0 Å². The van der Waals surface area contributed by atoms with E-state index in [1.165, 1.54) is 0 Å². The number of aliphatic hydroxyl groups is 1. The molecule has 9 heavy (non-hydrogen) atoms. The van der Waals surface area contributed by atoms with E-state index in [9.17, 15) is 9.36 Å². The molecule has 0 saturated carbocycles. The molecule has 0 aliphatic rings. The summed E-state index contributed by atoms with van der Waals surface area (Å²) in [4.78, 5) is 9.99. The van der Waals surface area contributed by atoms with Crippen LogP contribution in [0, 0.1) is 0 Å². The molecule has 0 aromatic rings. The van der Waals surface area contributed by atoms with Crippen LogP contribution in [0.25, 0.3) is 0 Å². The predicted octanol–water partition coefficient (Wildman–Crippen LogP) is -0.990. The zero-order valence-corrected chi connectivity index (χ0v) is 5.34. The molecule has 0 aliphatic carbocycles. The summed E-state index contributed by atoms with van der Waals surface area (Å²) >= 11 is 0. The molecular formula is C3H6NO4P. The molecule has 1 unspecified atom stereocenters. The lowest BCUT2D eigenvalue weighted by molar-refractivity contribution is -0.141. The lowest BCUT2D eigenvalue weighted by Gasteiger charge is -2.10. The van der Waals surface area contributed by atoms with E-state index >= 15 is 0 Å². The third kappa shape index (κ3) is 1.71. The highest BCUT2D eigenvalue weighted by Crippen LogP contribution is 2.14. The normalized spacial score (nSPS) is 17.1. The second-order valence-electron chi connectivity index (χ2n) is 1.48. The lowest BCUT2D eigenvalue weighted by Crippen LogP contribution is -2.45. The highest BCUT2D eigenvalue weighted by Gasteiger charge is 2.34. The van der Waals surface area contributed by atoms with Gasteiger partial charge in [-0.2, -0.15) is 0 Å². The molecule has 0 aromatic carbocycles. The molecular weight excluding hydrogens is 145 g/mol. The van der Waals surface area contributed by atoms with E-state index in [0.29, 0.717) is 0 Å². The first kappa shape index (κ1) is 8.49. The Morgan fingerprint density at radius 1 is 1.78 bits per heavy atom. The van der Waals surface area contributed by atoms with Crippen molar-refractivity contribution in [3.63, 3.8) is 0 Å². The number of carboxylic acids is 1. The van der Waals surface area contributed by atoms with Crippen LogP contribution >= 0.6 is 8.46 Å². The van der Waals surface area contributed by atoms with E-state index in [2.05, 4.69) is 0 Å². The fourth-order valence-electron chi connectivity index (χ4n) is 0.136. The Morgan fingerprint density at radius 3 is 2.22 bits per heavy atom. The van der Waals surface area contributed by atoms with Gasteiger partial charge in [0.15, 0.2) is 8.46 Å². The summed E-state index contributed by atoms with van der Waals surface area (Å²) in [7, 11) is -0.791.